The van der Waals surface area contributed by atoms with E-state index in [1.54, 1.807) is 0 Å². The fraction of sp³-hybridized carbons (Fsp3) is 0.111. The van der Waals surface area contributed by atoms with Crippen LogP contribution in [-0.4, -0.2) is 19.0 Å². The van der Waals surface area contributed by atoms with Gasteiger partial charge in [0.25, 0.3) is 0 Å². The number of halogens is 2. The molecule has 0 saturated carbocycles. The van der Waals surface area contributed by atoms with Gasteiger partial charge in [0.15, 0.2) is 0 Å². The Morgan fingerprint density at radius 1 is 1.47 bits per heavy atom. The number of hydrogen-bond acceptors (Lipinski definition) is 3. The molecule has 0 aliphatic rings. The van der Waals surface area contributed by atoms with Gasteiger partial charge in [-0.2, -0.15) is 0 Å². The maximum atomic E-state index is 13.1. The van der Waals surface area contributed by atoms with Crippen molar-refractivity contribution < 1.29 is 18.7 Å². The zero-order valence-corrected chi connectivity index (χ0v) is 9.30. The molecule has 0 saturated heterocycles. The lowest BCUT2D eigenvalue weighted by molar-refractivity contribution is -0.150. The molecule has 0 aliphatic carbocycles. The van der Waals surface area contributed by atoms with E-state index in [0.717, 1.165) is 13.2 Å². The van der Waals surface area contributed by atoms with Crippen molar-refractivity contribution in [2.24, 2.45) is 0 Å². The third kappa shape index (κ3) is 3.02. The summed E-state index contributed by atoms with van der Waals surface area (Å²) in [4.78, 5) is 21.8. The van der Waals surface area contributed by atoms with E-state index >= 15 is 0 Å². The molecular formula is C9H7BrFNO3. The van der Waals surface area contributed by atoms with E-state index < -0.39 is 17.7 Å². The molecule has 0 fully saturated rings. The fourth-order valence-corrected chi connectivity index (χ4v) is 1.22. The minimum Gasteiger partial charge on any atom is -0.462 e. The first-order chi connectivity index (χ1) is 7.04. The normalized spacial score (nSPS) is 9.53. The van der Waals surface area contributed by atoms with Gasteiger partial charge in [0.05, 0.1) is 12.8 Å². The van der Waals surface area contributed by atoms with Crippen LogP contribution in [0.4, 0.5) is 10.1 Å². The Labute approximate surface area is 93.5 Å². The second kappa shape index (κ2) is 4.88. The monoisotopic (exact) mass is 275 g/mol. The molecule has 1 N–H and O–H groups in total. The van der Waals surface area contributed by atoms with E-state index in [0.29, 0.717) is 4.47 Å². The molecule has 6 heteroatoms. The van der Waals surface area contributed by atoms with Crippen molar-refractivity contribution in [2.75, 3.05) is 12.4 Å². The van der Waals surface area contributed by atoms with Crippen molar-refractivity contribution in [1.82, 2.24) is 0 Å². The summed E-state index contributed by atoms with van der Waals surface area (Å²) in [5.41, 5.74) is -0.0835. The molecule has 1 aromatic carbocycles. The predicted molar refractivity (Wildman–Crippen MR) is 54.7 cm³/mol. The first-order valence-electron chi connectivity index (χ1n) is 3.89. The van der Waals surface area contributed by atoms with Crippen molar-refractivity contribution in [2.45, 2.75) is 0 Å². The highest BCUT2D eigenvalue weighted by molar-refractivity contribution is 9.10. The molecule has 0 unspecified atom stereocenters. The summed E-state index contributed by atoms with van der Waals surface area (Å²) in [5, 5.41) is 2.08. The second-order valence-electron chi connectivity index (χ2n) is 2.57. The molecule has 1 amide bonds. The highest BCUT2D eigenvalue weighted by Crippen LogP contribution is 2.19. The smallest absolute Gasteiger partial charge is 0.396 e. The minimum atomic E-state index is -1.07. The molecule has 0 bridgehead atoms. The highest BCUT2D eigenvalue weighted by atomic mass is 79.9. The highest BCUT2D eigenvalue weighted by Gasteiger charge is 2.15. The van der Waals surface area contributed by atoms with Crippen molar-refractivity contribution >= 4 is 33.5 Å². The van der Waals surface area contributed by atoms with Crippen LogP contribution < -0.4 is 5.32 Å². The molecule has 80 valence electrons. The Morgan fingerprint density at radius 2 is 2.13 bits per heavy atom. The summed E-state index contributed by atoms with van der Waals surface area (Å²) in [6.07, 6.45) is 0. The molecule has 15 heavy (non-hydrogen) atoms. The number of carbonyl (C=O) groups excluding carboxylic acids is 2. The number of esters is 1. The van der Waals surface area contributed by atoms with E-state index in [4.69, 9.17) is 0 Å². The number of carbonyl (C=O) groups is 2. The van der Waals surface area contributed by atoms with Crippen LogP contribution >= 0.6 is 15.9 Å². The standard InChI is InChI=1S/C9H7BrFNO3/c1-15-9(14)8(13)12-7-4-5(10)2-3-6(7)11/h2-4H,1H3,(H,12,13). The molecule has 0 aliphatic heterocycles. The van der Waals surface area contributed by atoms with Gasteiger partial charge in [-0.25, -0.2) is 9.18 Å². The van der Waals surface area contributed by atoms with E-state index in [2.05, 4.69) is 26.0 Å². The van der Waals surface area contributed by atoms with Gasteiger partial charge in [-0.05, 0) is 18.2 Å². The average molecular weight is 276 g/mol. The van der Waals surface area contributed by atoms with Crippen LogP contribution in [0.25, 0.3) is 0 Å². The van der Waals surface area contributed by atoms with Crippen LogP contribution in [0, 0.1) is 5.82 Å². The fourth-order valence-electron chi connectivity index (χ4n) is 0.859. The van der Waals surface area contributed by atoms with Crippen LogP contribution in [0.1, 0.15) is 0 Å². The predicted octanol–water partition coefficient (Wildman–Crippen LogP) is 1.70. The van der Waals surface area contributed by atoms with Crippen molar-refractivity contribution in [3.05, 3.63) is 28.5 Å². The van der Waals surface area contributed by atoms with E-state index in [-0.39, 0.29) is 5.69 Å². The third-order valence-electron chi connectivity index (χ3n) is 1.55. The Balaban J connectivity index is 2.85. The van der Waals surface area contributed by atoms with Crippen LogP contribution in [0.5, 0.6) is 0 Å². The molecular weight excluding hydrogens is 269 g/mol. The van der Waals surface area contributed by atoms with Gasteiger partial charge >= 0.3 is 11.9 Å². The molecule has 0 atom stereocenters. The number of hydrogen-bond donors (Lipinski definition) is 1. The molecule has 0 aromatic heterocycles. The second-order valence-corrected chi connectivity index (χ2v) is 3.49. The number of rotatable bonds is 1. The molecule has 0 spiro atoms. The summed E-state index contributed by atoms with van der Waals surface area (Å²) in [7, 11) is 1.07. The molecule has 4 nitrogen and oxygen atoms in total. The van der Waals surface area contributed by atoms with Gasteiger partial charge in [0, 0.05) is 4.47 Å². The Kier molecular flexibility index (Phi) is 3.79. The van der Waals surface area contributed by atoms with Gasteiger partial charge < -0.3 is 10.1 Å². The van der Waals surface area contributed by atoms with E-state index in [1.807, 2.05) is 0 Å². The first-order valence-corrected chi connectivity index (χ1v) is 4.68. The molecule has 1 rings (SSSR count). The summed E-state index contributed by atoms with van der Waals surface area (Å²) in [6.45, 7) is 0. The van der Waals surface area contributed by atoms with E-state index in [1.165, 1.54) is 12.1 Å². The molecule has 1 aromatic rings. The van der Waals surface area contributed by atoms with Crippen molar-refractivity contribution in [1.29, 1.82) is 0 Å². The van der Waals surface area contributed by atoms with Crippen LogP contribution in [0.3, 0.4) is 0 Å². The molecule has 0 heterocycles. The number of ether oxygens (including phenoxy) is 1. The summed E-state index contributed by atoms with van der Waals surface area (Å²) < 4.78 is 17.9. The van der Waals surface area contributed by atoms with Gasteiger partial charge in [0.2, 0.25) is 0 Å². The summed E-state index contributed by atoms with van der Waals surface area (Å²) >= 11 is 3.11. The maximum Gasteiger partial charge on any atom is 0.396 e. The lowest BCUT2D eigenvalue weighted by atomic mass is 10.3. The maximum absolute atomic E-state index is 13.1. The van der Waals surface area contributed by atoms with Gasteiger partial charge in [-0.15, -0.1) is 0 Å². The zero-order chi connectivity index (χ0) is 11.4. The quantitative estimate of drug-likeness (QED) is 0.627. The number of amides is 1. The topological polar surface area (TPSA) is 55.4 Å². The van der Waals surface area contributed by atoms with Crippen LogP contribution in [0.2, 0.25) is 0 Å². The van der Waals surface area contributed by atoms with Crippen molar-refractivity contribution in [3.8, 4) is 0 Å². The lowest BCUT2D eigenvalue weighted by Crippen LogP contribution is -2.24. The number of benzene rings is 1. The lowest BCUT2D eigenvalue weighted by Gasteiger charge is -2.04. The Bertz CT molecular complexity index is 408. The number of nitrogens with one attached hydrogen (secondary N) is 1. The number of methoxy groups -OCH3 is 1. The van der Waals surface area contributed by atoms with Crippen LogP contribution in [0.15, 0.2) is 22.7 Å². The van der Waals surface area contributed by atoms with Gasteiger partial charge in [-0.1, -0.05) is 15.9 Å². The summed E-state index contributed by atoms with van der Waals surface area (Å²) in [5.74, 6) is -2.72. The van der Waals surface area contributed by atoms with Crippen LogP contribution in [-0.2, 0) is 14.3 Å². The minimum absolute atomic E-state index is 0.0835. The van der Waals surface area contributed by atoms with E-state index in [9.17, 15) is 14.0 Å². The Hall–Kier alpha value is -1.43. The van der Waals surface area contributed by atoms with Gasteiger partial charge in [-0.3, -0.25) is 4.79 Å². The summed E-state index contributed by atoms with van der Waals surface area (Å²) in [6, 6.07) is 3.98. The third-order valence-corrected chi connectivity index (χ3v) is 2.04. The SMILES string of the molecule is COC(=O)C(=O)Nc1cc(Br)ccc1F. The van der Waals surface area contributed by atoms with Crippen molar-refractivity contribution in [3.63, 3.8) is 0 Å². The van der Waals surface area contributed by atoms with Gasteiger partial charge in [0.1, 0.15) is 5.82 Å². The zero-order valence-electron chi connectivity index (χ0n) is 7.71. The average Bonchev–Trinajstić information content (AvgIpc) is 2.22. The largest absolute Gasteiger partial charge is 0.462 e. The molecule has 0 radical (unpaired) electrons. The Morgan fingerprint density at radius 3 is 2.73 bits per heavy atom. The first kappa shape index (κ1) is 11.6. The number of anilines is 1.